The van der Waals surface area contributed by atoms with Gasteiger partial charge >= 0.3 is 0 Å². The first-order chi connectivity index (χ1) is 15.1. The Morgan fingerprint density at radius 1 is 1.10 bits per heavy atom. The van der Waals surface area contributed by atoms with Gasteiger partial charge in [-0.1, -0.05) is 18.2 Å². The Balaban J connectivity index is 1.39. The summed E-state index contributed by atoms with van der Waals surface area (Å²) in [6.07, 6.45) is 6.14. The van der Waals surface area contributed by atoms with E-state index >= 15 is 0 Å². The third-order valence-electron chi connectivity index (χ3n) is 6.09. The normalized spacial score (nSPS) is 18.1. The van der Waals surface area contributed by atoms with Crippen molar-refractivity contribution in [1.82, 2.24) is 15.1 Å². The number of piperidine rings is 1. The molecule has 1 saturated heterocycles. The van der Waals surface area contributed by atoms with Crippen molar-refractivity contribution in [3.05, 3.63) is 82.6 Å². The molecule has 8 nitrogen and oxygen atoms in total. The van der Waals surface area contributed by atoms with Crippen molar-refractivity contribution in [3.8, 4) is 0 Å². The molecule has 1 N–H and O–H groups in total. The molecule has 8 heteroatoms. The summed E-state index contributed by atoms with van der Waals surface area (Å²) in [5.74, 6) is -0.331. The van der Waals surface area contributed by atoms with Crippen LogP contribution in [0.25, 0.3) is 0 Å². The molecule has 0 bridgehead atoms. The lowest BCUT2D eigenvalue weighted by Crippen LogP contribution is -2.39. The van der Waals surface area contributed by atoms with Gasteiger partial charge in [0.25, 0.3) is 11.8 Å². The van der Waals surface area contributed by atoms with Crippen LogP contribution in [-0.4, -0.2) is 40.0 Å². The van der Waals surface area contributed by atoms with E-state index in [-0.39, 0.29) is 17.9 Å². The number of amides is 2. The Labute approximate surface area is 179 Å². The van der Waals surface area contributed by atoms with Crippen LogP contribution >= 0.6 is 0 Å². The van der Waals surface area contributed by atoms with Crippen LogP contribution in [0.2, 0.25) is 0 Å². The number of rotatable bonds is 3. The van der Waals surface area contributed by atoms with E-state index in [1.807, 2.05) is 24.3 Å². The van der Waals surface area contributed by atoms with Crippen LogP contribution in [0, 0.1) is 5.21 Å². The predicted molar refractivity (Wildman–Crippen MR) is 113 cm³/mol. The fraction of sp³-hybridized carbons (Fsp3) is 0.304. The second-order valence-electron chi connectivity index (χ2n) is 8.01. The highest BCUT2D eigenvalue weighted by Gasteiger charge is 2.32. The Morgan fingerprint density at radius 3 is 2.84 bits per heavy atom. The van der Waals surface area contributed by atoms with Gasteiger partial charge in [-0.3, -0.25) is 14.7 Å². The van der Waals surface area contributed by atoms with Crippen molar-refractivity contribution in [2.45, 2.75) is 31.7 Å². The standard InChI is InChI=1S/C23H23N5O3/c29-22(17-7-5-11-26(31)15-17)27-12-4-3-9-21(27)18-14-19(25-24-18)23(30)28-13-10-16-6-1-2-8-20(16)28/h1-2,5-8,11,14-15,21H,3-4,9-10,12-13H2,(H,24,25). The fourth-order valence-electron chi connectivity index (χ4n) is 4.55. The largest absolute Gasteiger partial charge is 0.619 e. The number of hydrogen-bond donors (Lipinski definition) is 1. The van der Waals surface area contributed by atoms with Crippen molar-refractivity contribution < 1.29 is 14.3 Å². The van der Waals surface area contributed by atoms with Crippen LogP contribution in [0.3, 0.4) is 0 Å². The van der Waals surface area contributed by atoms with E-state index in [1.54, 1.807) is 28.0 Å². The maximum Gasteiger partial charge on any atom is 0.278 e. The fourth-order valence-corrected chi connectivity index (χ4v) is 4.55. The van der Waals surface area contributed by atoms with Crippen molar-refractivity contribution in [2.24, 2.45) is 0 Å². The molecule has 0 saturated carbocycles. The third-order valence-corrected chi connectivity index (χ3v) is 6.09. The number of fused-ring (bicyclic) bond motifs is 1. The summed E-state index contributed by atoms with van der Waals surface area (Å²) < 4.78 is 0.632. The SMILES string of the molecule is O=C(c1cc(C2CCCCN2C(=O)c2ccc[n+]([O-])c2)[nH]n1)N1CCc2ccccc21. The molecule has 0 radical (unpaired) electrons. The zero-order valence-corrected chi connectivity index (χ0v) is 17.0. The van der Waals surface area contributed by atoms with Gasteiger partial charge in [-0.05, 0) is 49.4 Å². The molecule has 1 fully saturated rings. The molecule has 2 aliphatic rings. The van der Waals surface area contributed by atoms with Gasteiger partial charge in [-0.15, -0.1) is 0 Å². The first-order valence-corrected chi connectivity index (χ1v) is 10.6. The number of carbonyl (C=O) groups excluding carboxylic acids is 2. The van der Waals surface area contributed by atoms with Crippen molar-refractivity contribution in [3.63, 3.8) is 0 Å². The molecule has 0 aliphatic carbocycles. The van der Waals surface area contributed by atoms with Crippen molar-refractivity contribution in [2.75, 3.05) is 18.0 Å². The van der Waals surface area contributed by atoms with Crippen molar-refractivity contribution in [1.29, 1.82) is 0 Å². The zero-order chi connectivity index (χ0) is 21.4. The van der Waals surface area contributed by atoms with Crippen LogP contribution in [0.1, 0.15) is 57.4 Å². The second-order valence-corrected chi connectivity index (χ2v) is 8.01. The van der Waals surface area contributed by atoms with E-state index < -0.39 is 0 Å². The van der Waals surface area contributed by atoms with Gasteiger partial charge in [0.1, 0.15) is 5.56 Å². The number of benzene rings is 1. The van der Waals surface area contributed by atoms with E-state index in [2.05, 4.69) is 10.2 Å². The molecule has 2 aliphatic heterocycles. The monoisotopic (exact) mass is 417 g/mol. The number of anilines is 1. The van der Waals surface area contributed by atoms with Gasteiger partial charge in [0.15, 0.2) is 18.1 Å². The van der Waals surface area contributed by atoms with Crippen LogP contribution in [0.15, 0.2) is 54.9 Å². The number of para-hydroxylation sites is 1. The van der Waals surface area contributed by atoms with E-state index in [1.165, 1.54) is 12.4 Å². The summed E-state index contributed by atoms with van der Waals surface area (Å²) in [6.45, 7) is 1.23. The number of nitrogens with one attached hydrogen (secondary N) is 1. The quantitative estimate of drug-likeness (QED) is 0.523. The molecular weight excluding hydrogens is 394 g/mol. The molecule has 3 aromatic rings. The molecule has 5 rings (SSSR count). The summed E-state index contributed by atoms with van der Waals surface area (Å²) in [4.78, 5) is 29.7. The Hall–Kier alpha value is -3.68. The molecule has 2 amide bonds. The molecule has 0 spiro atoms. The van der Waals surface area contributed by atoms with E-state index in [9.17, 15) is 14.8 Å². The van der Waals surface area contributed by atoms with Gasteiger partial charge in [-0.2, -0.15) is 9.83 Å². The van der Waals surface area contributed by atoms with Crippen LogP contribution in [-0.2, 0) is 6.42 Å². The van der Waals surface area contributed by atoms with Gasteiger partial charge in [-0.25, -0.2) is 0 Å². The number of pyridine rings is 1. The Kier molecular flexibility index (Phi) is 4.89. The lowest BCUT2D eigenvalue weighted by Gasteiger charge is -2.34. The number of H-pyrrole nitrogens is 1. The van der Waals surface area contributed by atoms with E-state index in [4.69, 9.17) is 0 Å². The van der Waals surface area contributed by atoms with E-state index in [0.717, 1.165) is 42.6 Å². The summed E-state index contributed by atoms with van der Waals surface area (Å²) in [5, 5.41) is 18.9. The molecule has 1 aromatic carbocycles. The topological polar surface area (TPSA) is 96.2 Å². The molecule has 1 unspecified atom stereocenters. The Morgan fingerprint density at radius 2 is 1.97 bits per heavy atom. The molecule has 31 heavy (non-hydrogen) atoms. The minimum Gasteiger partial charge on any atom is -0.619 e. The number of hydrogen-bond acceptors (Lipinski definition) is 4. The van der Waals surface area contributed by atoms with Crippen molar-refractivity contribution >= 4 is 17.5 Å². The summed E-state index contributed by atoms with van der Waals surface area (Å²) in [5.41, 5.74) is 3.54. The highest BCUT2D eigenvalue weighted by Crippen LogP contribution is 2.33. The highest BCUT2D eigenvalue weighted by molar-refractivity contribution is 6.06. The lowest BCUT2D eigenvalue weighted by atomic mass is 9.98. The highest BCUT2D eigenvalue weighted by atomic mass is 16.5. The zero-order valence-electron chi connectivity index (χ0n) is 17.0. The minimum absolute atomic E-state index is 0.142. The maximum atomic E-state index is 13.1. The third kappa shape index (κ3) is 3.54. The van der Waals surface area contributed by atoms with Crippen LogP contribution < -0.4 is 9.63 Å². The van der Waals surface area contributed by atoms with E-state index in [0.29, 0.717) is 29.1 Å². The first-order valence-electron chi connectivity index (χ1n) is 10.6. The molecule has 4 heterocycles. The number of likely N-dealkylation sites (tertiary alicyclic amines) is 1. The first kappa shape index (κ1) is 19.3. The smallest absolute Gasteiger partial charge is 0.278 e. The average molecular weight is 417 g/mol. The molecule has 158 valence electrons. The minimum atomic E-state index is -0.207. The number of aromatic nitrogens is 3. The van der Waals surface area contributed by atoms with Gasteiger partial charge in [0.05, 0.1) is 11.7 Å². The summed E-state index contributed by atoms with van der Waals surface area (Å²) >= 11 is 0. The average Bonchev–Trinajstić information content (AvgIpc) is 3.46. The number of aromatic amines is 1. The molecular formula is C23H23N5O3. The van der Waals surface area contributed by atoms with Gasteiger partial charge < -0.3 is 15.0 Å². The van der Waals surface area contributed by atoms with Crippen LogP contribution in [0.4, 0.5) is 5.69 Å². The maximum absolute atomic E-state index is 13.1. The summed E-state index contributed by atoms with van der Waals surface area (Å²) in [7, 11) is 0. The number of carbonyl (C=O) groups is 2. The van der Waals surface area contributed by atoms with Gasteiger partial charge in [0.2, 0.25) is 0 Å². The summed E-state index contributed by atoms with van der Waals surface area (Å²) in [6, 6.07) is 12.7. The number of nitrogens with zero attached hydrogens (tertiary/aromatic N) is 4. The van der Waals surface area contributed by atoms with Gasteiger partial charge in [0, 0.05) is 24.8 Å². The lowest BCUT2D eigenvalue weighted by molar-refractivity contribution is -0.605. The second kappa shape index (κ2) is 7.86. The molecule has 1 atom stereocenters. The Bertz CT molecular complexity index is 1140. The predicted octanol–water partition coefficient (Wildman–Crippen LogP) is 2.61. The van der Waals surface area contributed by atoms with Crippen LogP contribution in [0.5, 0.6) is 0 Å². The molecule has 2 aromatic heterocycles.